The number of benzene rings is 1. The Morgan fingerprint density at radius 1 is 1.27 bits per heavy atom. The van der Waals surface area contributed by atoms with Crippen molar-refractivity contribution >= 4 is 33.2 Å². The van der Waals surface area contributed by atoms with E-state index in [1.165, 1.54) is 10.6 Å². The van der Waals surface area contributed by atoms with Crippen LogP contribution in [0.3, 0.4) is 0 Å². The average molecular weight is 379 g/mol. The van der Waals surface area contributed by atoms with Gasteiger partial charge in [-0.05, 0) is 42.5 Å². The first kappa shape index (κ1) is 18.8. The minimum absolute atomic E-state index is 0.00776. The van der Waals surface area contributed by atoms with Crippen molar-refractivity contribution in [3.8, 4) is 0 Å². The zero-order valence-electron chi connectivity index (χ0n) is 15.3. The number of carbonyl (C=O) groups is 2. The lowest BCUT2D eigenvalue weighted by molar-refractivity contribution is -0.121. The molecule has 2 aliphatic heterocycles. The fourth-order valence-corrected chi connectivity index (χ4v) is 4.59. The van der Waals surface area contributed by atoms with Gasteiger partial charge < -0.3 is 10.6 Å². The second-order valence-electron chi connectivity index (χ2n) is 7.44. The number of rotatable bonds is 4. The van der Waals surface area contributed by atoms with E-state index in [4.69, 9.17) is 0 Å². The molecule has 2 N–H and O–H groups in total. The minimum Gasteiger partial charge on any atom is -0.326 e. The van der Waals surface area contributed by atoms with E-state index in [1.807, 2.05) is 26.0 Å². The first-order valence-electron chi connectivity index (χ1n) is 8.87. The van der Waals surface area contributed by atoms with E-state index in [1.54, 1.807) is 6.07 Å². The summed E-state index contributed by atoms with van der Waals surface area (Å²) in [7, 11) is -3.20. The van der Waals surface area contributed by atoms with E-state index in [0.717, 1.165) is 11.3 Å². The van der Waals surface area contributed by atoms with E-state index in [0.29, 0.717) is 31.6 Å². The van der Waals surface area contributed by atoms with Gasteiger partial charge in [-0.3, -0.25) is 9.59 Å². The normalized spacial score (nSPS) is 21.5. The Morgan fingerprint density at radius 2 is 1.92 bits per heavy atom. The molecule has 1 fully saturated rings. The Morgan fingerprint density at radius 3 is 2.50 bits per heavy atom. The maximum Gasteiger partial charge on any atom is 0.232 e. The highest BCUT2D eigenvalue weighted by molar-refractivity contribution is 7.88. The maximum atomic E-state index is 12.5. The molecule has 26 heavy (non-hydrogen) atoms. The van der Waals surface area contributed by atoms with Gasteiger partial charge in [-0.2, -0.15) is 0 Å². The van der Waals surface area contributed by atoms with Crippen molar-refractivity contribution in [1.82, 2.24) is 4.31 Å². The number of sulfonamides is 1. The van der Waals surface area contributed by atoms with Gasteiger partial charge in [0.15, 0.2) is 0 Å². The highest BCUT2D eigenvalue weighted by Gasteiger charge is 2.33. The predicted octanol–water partition coefficient (Wildman–Crippen LogP) is 1.99. The SMILES string of the molecule is CC(C)C1C(=O)Nc2ccc(NC(=O)C3CCN(S(C)(=O)=O)CC3)cc21. The van der Waals surface area contributed by atoms with Gasteiger partial charge in [-0.1, -0.05) is 13.8 Å². The molecule has 0 aliphatic carbocycles. The molecule has 0 spiro atoms. The van der Waals surface area contributed by atoms with Crippen molar-refractivity contribution in [2.75, 3.05) is 30.0 Å². The second kappa shape index (κ2) is 7.00. The number of amides is 2. The molecule has 7 nitrogen and oxygen atoms in total. The van der Waals surface area contributed by atoms with Crippen molar-refractivity contribution in [3.63, 3.8) is 0 Å². The van der Waals surface area contributed by atoms with Gasteiger partial charge in [-0.25, -0.2) is 12.7 Å². The summed E-state index contributed by atoms with van der Waals surface area (Å²) < 4.78 is 24.5. The molecule has 3 rings (SSSR count). The number of piperidine rings is 1. The largest absolute Gasteiger partial charge is 0.326 e. The highest BCUT2D eigenvalue weighted by Crippen LogP contribution is 2.38. The molecular weight excluding hydrogens is 354 g/mol. The van der Waals surface area contributed by atoms with Crippen molar-refractivity contribution < 1.29 is 18.0 Å². The monoisotopic (exact) mass is 379 g/mol. The first-order valence-corrected chi connectivity index (χ1v) is 10.7. The van der Waals surface area contributed by atoms with Gasteiger partial charge in [0, 0.05) is 30.4 Å². The number of hydrogen-bond acceptors (Lipinski definition) is 4. The molecular formula is C18H25N3O4S. The molecule has 142 valence electrons. The third-order valence-corrected chi connectivity index (χ3v) is 6.46. The summed E-state index contributed by atoms with van der Waals surface area (Å²) in [5, 5.41) is 5.80. The lowest BCUT2D eigenvalue weighted by atomic mass is 9.89. The van der Waals surface area contributed by atoms with Gasteiger partial charge in [0.2, 0.25) is 21.8 Å². The van der Waals surface area contributed by atoms with Crippen LogP contribution in [0.25, 0.3) is 0 Å². The Bertz CT molecular complexity index is 827. The molecule has 2 heterocycles. The number of fused-ring (bicyclic) bond motifs is 1. The number of anilines is 2. The Kier molecular flexibility index (Phi) is 5.07. The van der Waals surface area contributed by atoms with Crippen LogP contribution in [0.4, 0.5) is 11.4 Å². The third-order valence-electron chi connectivity index (χ3n) is 5.15. The van der Waals surface area contributed by atoms with Crippen LogP contribution in [0.2, 0.25) is 0 Å². The summed E-state index contributed by atoms with van der Waals surface area (Å²) >= 11 is 0. The Hall–Kier alpha value is -1.93. The molecule has 0 bridgehead atoms. The summed E-state index contributed by atoms with van der Waals surface area (Å²) in [6, 6.07) is 5.46. The van der Waals surface area contributed by atoms with E-state index in [2.05, 4.69) is 10.6 Å². The van der Waals surface area contributed by atoms with Crippen LogP contribution in [0.1, 0.15) is 38.2 Å². The standard InChI is InChI=1S/C18H25N3O4S/c1-11(2)16-14-10-13(4-5-15(14)20-18(16)23)19-17(22)12-6-8-21(9-7-12)26(3,24)25/h4-5,10-12,16H,6-9H2,1-3H3,(H,19,22)(H,20,23). The van der Waals surface area contributed by atoms with Crippen molar-refractivity contribution in [2.45, 2.75) is 32.6 Å². The molecule has 1 atom stereocenters. The molecule has 0 saturated carbocycles. The molecule has 1 aromatic rings. The fraction of sp³-hybridized carbons (Fsp3) is 0.556. The zero-order valence-corrected chi connectivity index (χ0v) is 16.1. The lowest BCUT2D eigenvalue weighted by Gasteiger charge is -2.29. The number of nitrogens with zero attached hydrogens (tertiary/aromatic N) is 1. The van der Waals surface area contributed by atoms with Crippen LogP contribution in [0, 0.1) is 11.8 Å². The molecule has 1 saturated heterocycles. The van der Waals surface area contributed by atoms with Gasteiger partial charge >= 0.3 is 0 Å². The summed E-state index contributed by atoms with van der Waals surface area (Å²) in [5.41, 5.74) is 2.38. The fourth-order valence-electron chi connectivity index (χ4n) is 3.72. The molecule has 1 unspecified atom stereocenters. The molecule has 1 aromatic carbocycles. The minimum atomic E-state index is -3.20. The lowest BCUT2D eigenvalue weighted by Crippen LogP contribution is -2.40. The summed E-state index contributed by atoms with van der Waals surface area (Å²) in [4.78, 5) is 24.7. The van der Waals surface area contributed by atoms with Gasteiger partial charge in [0.05, 0.1) is 12.2 Å². The van der Waals surface area contributed by atoms with Crippen LogP contribution < -0.4 is 10.6 Å². The van der Waals surface area contributed by atoms with Crippen LogP contribution in [0.5, 0.6) is 0 Å². The van der Waals surface area contributed by atoms with Crippen molar-refractivity contribution in [3.05, 3.63) is 23.8 Å². The van der Waals surface area contributed by atoms with E-state index in [9.17, 15) is 18.0 Å². The van der Waals surface area contributed by atoms with Crippen LogP contribution in [-0.4, -0.2) is 43.9 Å². The highest BCUT2D eigenvalue weighted by atomic mass is 32.2. The Labute approximate surface area is 154 Å². The smallest absolute Gasteiger partial charge is 0.232 e. The summed E-state index contributed by atoms with van der Waals surface area (Å²) in [5.74, 6) is -0.354. The number of hydrogen-bond donors (Lipinski definition) is 2. The second-order valence-corrected chi connectivity index (χ2v) is 9.42. The molecule has 2 aliphatic rings. The maximum absolute atomic E-state index is 12.5. The van der Waals surface area contributed by atoms with Crippen molar-refractivity contribution in [1.29, 1.82) is 0 Å². The number of carbonyl (C=O) groups excluding carboxylic acids is 2. The number of nitrogens with one attached hydrogen (secondary N) is 2. The summed E-state index contributed by atoms with van der Waals surface area (Å²) in [6.07, 6.45) is 2.22. The van der Waals surface area contributed by atoms with Gasteiger partial charge in [0.1, 0.15) is 0 Å². The molecule has 0 aromatic heterocycles. The topological polar surface area (TPSA) is 95.6 Å². The quantitative estimate of drug-likeness (QED) is 0.836. The zero-order chi connectivity index (χ0) is 19.1. The van der Waals surface area contributed by atoms with Gasteiger partial charge in [0.25, 0.3) is 0 Å². The van der Waals surface area contributed by atoms with Gasteiger partial charge in [-0.15, -0.1) is 0 Å². The van der Waals surface area contributed by atoms with E-state index < -0.39 is 10.0 Å². The van der Waals surface area contributed by atoms with E-state index in [-0.39, 0.29) is 29.6 Å². The summed E-state index contributed by atoms with van der Waals surface area (Å²) in [6.45, 7) is 4.74. The predicted molar refractivity (Wildman–Crippen MR) is 100 cm³/mol. The Balaban J connectivity index is 1.67. The van der Waals surface area contributed by atoms with Crippen molar-refractivity contribution in [2.24, 2.45) is 11.8 Å². The van der Waals surface area contributed by atoms with Crippen LogP contribution >= 0.6 is 0 Å². The first-order chi connectivity index (χ1) is 12.2. The van der Waals surface area contributed by atoms with Crippen LogP contribution in [0.15, 0.2) is 18.2 Å². The average Bonchev–Trinajstić information content (AvgIpc) is 2.89. The third kappa shape index (κ3) is 3.76. The van der Waals surface area contributed by atoms with E-state index >= 15 is 0 Å². The molecule has 8 heteroatoms. The van der Waals surface area contributed by atoms with Crippen LogP contribution in [-0.2, 0) is 19.6 Å². The molecule has 2 amide bonds. The molecule has 0 radical (unpaired) electrons.